The molecule has 0 amide bonds. The highest BCUT2D eigenvalue weighted by molar-refractivity contribution is 5.68. The van der Waals surface area contributed by atoms with Crippen molar-refractivity contribution in [3.8, 4) is 11.5 Å². The first-order chi connectivity index (χ1) is 8.65. The molecule has 1 aromatic heterocycles. The molecule has 0 saturated heterocycles. The summed E-state index contributed by atoms with van der Waals surface area (Å²) < 4.78 is 5.10. The molecular weight excluding hydrogens is 234 g/mol. The Morgan fingerprint density at radius 1 is 1.39 bits per heavy atom. The van der Waals surface area contributed by atoms with Gasteiger partial charge < -0.3 is 9.63 Å². The second-order valence-electron chi connectivity index (χ2n) is 3.88. The number of aryl methyl sites for hydroxylation is 1. The van der Waals surface area contributed by atoms with Crippen LogP contribution in [0, 0.1) is 6.92 Å². The lowest BCUT2D eigenvalue weighted by Gasteiger charge is -1.95. The highest BCUT2D eigenvalue weighted by Crippen LogP contribution is 2.17. The SMILES string of the molecule is Cc1ccc(-c2nc(CNCC(=O)O)no2)cc1. The van der Waals surface area contributed by atoms with Crippen molar-refractivity contribution in [1.82, 2.24) is 15.5 Å². The van der Waals surface area contributed by atoms with Crippen LogP contribution in [0.15, 0.2) is 28.8 Å². The van der Waals surface area contributed by atoms with E-state index in [1.54, 1.807) is 0 Å². The third-order valence-corrected chi connectivity index (χ3v) is 2.33. The molecule has 6 heteroatoms. The summed E-state index contributed by atoms with van der Waals surface area (Å²) in [4.78, 5) is 14.5. The monoisotopic (exact) mass is 247 g/mol. The Morgan fingerprint density at radius 3 is 2.78 bits per heavy atom. The molecule has 0 spiro atoms. The van der Waals surface area contributed by atoms with E-state index in [0.717, 1.165) is 11.1 Å². The Balaban J connectivity index is 2.01. The van der Waals surface area contributed by atoms with Crippen molar-refractivity contribution < 1.29 is 14.4 Å². The lowest BCUT2D eigenvalue weighted by Crippen LogP contribution is -2.22. The third kappa shape index (κ3) is 3.14. The van der Waals surface area contributed by atoms with Gasteiger partial charge in [0.15, 0.2) is 5.82 Å². The van der Waals surface area contributed by atoms with Crippen molar-refractivity contribution in [2.24, 2.45) is 0 Å². The van der Waals surface area contributed by atoms with E-state index in [1.165, 1.54) is 0 Å². The number of hydrogen-bond donors (Lipinski definition) is 2. The van der Waals surface area contributed by atoms with Gasteiger partial charge in [-0.15, -0.1) is 0 Å². The van der Waals surface area contributed by atoms with E-state index in [0.29, 0.717) is 11.7 Å². The predicted molar refractivity (Wildman–Crippen MR) is 63.8 cm³/mol. The average molecular weight is 247 g/mol. The minimum Gasteiger partial charge on any atom is -0.480 e. The maximum Gasteiger partial charge on any atom is 0.317 e. The fourth-order valence-electron chi connectivity index (χ4n) is 1.42. The first kappa shape index (κ1) is 12.3. The molecule has 0 fully saturated rings. The van der Waals surface area contributed by atoms with Gasteiger partial charge in [-0.2, -0.15) is 4.98 Å². The van der Waals surface area contributed by atoms with Gasteiger partial charge in [0.2, 0.25) is 0 Å². The number of carboxylic acids is 1. The predicted octanol–water partition coefficient (Wildman–Crippen LogP) is 1.22. The fourth-order valence-corrected chi connectivity index (χ4v) is 1.42. The molecule has 6 nitrogen and oxygen atoms in total. The summed E-state index contributed by atoms with van der Waals surface area (Å²) in [5.41, 5.74) is 2.00. The van der Waals surface area contributed by atoms with Crippen molar-refractivity contribution in [2.45, 2.75) is 13.5 Å². The first-order valence-electron chi connectivity index (χ1n) is 5.47. The van der Waals surface area contributed by atoms with Crippen LogP contribution < -0.4 is 5.32 Å². The molecule has 18 heavy (non-hydrogen) atoms. The molecule has 1 heterocycles. The Bertz CT molecular complexity index is 534. The van der Waals surface area contributed by atoms with Crippen LogP contribution in [0.25, 0.3) is 11.5 Å². The minimum atomic E-state index is -0.919. The maximum absolute atomic E-state index is 10.3. The highest BCUT2D eigenvalue weighted by atomic mass is 16.5. The molecule has 2 aromatic rings. The Kier molecular flexibility index (Phi) is 3.69. The maximum atomic E-state index is 10.3. The molecule has 0 aliphatic rings. The zero-order chi connectivity index (χ0) is 13.0. The van der Waals surface area contributed by atoms with Gasteiger partial charge in [0.1, 0.15) is 0 Å². The lowest BCUT2D eigenvalue weighted by molar-refractivity contribution is -0.136. The normalized spacial score (nSPS) is 10.5. The van der Waals surface area contributed by atoms with Crippen molar-refractivity contribution in [3.63, 3.8) is 0 Å². The van der Waals surface area contributed by atoms with Crippen LogP contribution in [0.2, 0.25) is 0 Å². The zero-order valence-corrected chi connectivity index (χ0v) is 9.88. The summed E-state index contributed by atoms with van der Waals surface area (Å²) in [6.07, 6.45) is 0. The summed E-state index contributed by atoms with van der Waals surface area (Å²) in [7, 11) is 0. The van der Waals surface area contributed by atoms with Crippen LogP contribution in [0.5, 0.6) is 0 Å². The van der Waals surface area contributed by atoms with Gasteiger partial charge in [-0.25, -0.2) is 0 Å². The number of carbonyl (C=O) groups is 1. The summed E-state index contributed by atoms with van der Waals surface area (Å²) in [5.74, 6) is -0.0498. The number of carboxylic acid groups (broad SMARTS) is 1. The van der Waals surface area contributed by atoms with Crippen LogP contribution in [0.3, 0.4) is 0 Å². The van der Waals surface area contributed by atoms with E-state index < -0.39 is 5.97 Å². The van der Waals surface area contributed by atoms with E-state index in [1.807, 2.05) is 31.2 Å². The van der Waals surface area contributed by atoms with Crippen molar-refractivity contribution in [3.05, 3.63) is 35.7 Å². The molecule has 0 aliphatic carbocycles. The van der Waals surface area contributed by atoms with Crippen LogP contribution >= 0.6 is 0 Å². The Morgan fingerprint density at radius 2 is 2.11 bits per heavy atom. The van der Waals surface area contributed by atoms with Crippen molar-refractivity contribution >= 4 is 5.97 Å². The fraction of sp³-hybridized carbons (Fsp3) is 0.250. The zero-order valence-electron chi connectivity index (χ0n) is 9.88. The van der Waals surface area contributed by atoms with Gasteiger partial charge in [-0.05, 0) is 19.1 Å². The number of aromatic nitrogens is 2. The number of benzene rings is 1. The standard InChI is InChI=1S/C12H13N3O3/c1-8-2-4-9(5-3-8)12-14-10(15-18-12)6-13-7-11(16)17/h2-5,13H,6-7H2,1H3,(H,16,17). The first-order valence-corrected chi connectivity index (χ1v) is 5.47. The third-order valence-electron chi connectivity index (χ3n) is 2.33. The second-order valence-corrected chi connectivity index (χ2v) is 3.88. The Labute approximate surface area is 104 Å². The quantitative estimate of drug-likeness (QED) is 0.825. The van der Waals surface area contributed by atoms with Gasteiger partial charge in [0.05, 0.1) is 13.1 Å². The summed E-state index contributed by atoms with van der Waals surface area (Å²) in [6.45, 7) is 2.13. The molecule has 94 valence electrons. The topological polar surface area (TPSA) is 88.2 Å². The molecule has 0 saturated carbocycles. The average Bonchev–Trinajstić information content (AvgIpc) is 2.78. The van der Waals surface area contributed by atoms with E-state index in [4.69, 9.17) is 9.63 Å². The van der Waals surface area contributed by atoms with Gasteiger partial charge >= 0.3 is 5.97 Å². The molecule has 0 radical (unpaired) electrons. The van der Waals surface area contributed by atoms with Crippen molar-refractivity contribution in [2.75, 3.05) is 6.54 Å². The summed E-state index contributed by atoms with van der Waals surface area (Å²) >= 11 is 0. The van der Waals surface area contributed by atoms with Crippen LogP contribution in [0.1, 0.15) is 11.4 Å². The number of nitrogens with one attached hydrogen (secondary N) is 1. The largest absolute Gasteiger partial charge is 0.480 e. The van der Waals surface area contributed by atoms with Crippen LogP contribution in [-0.4, -0.2) is 27.8 Å². The number of nitrogens with zero attached hydrogens (tertiary/aromatic N) is 2. The molecule has 2 N–H and O–H groups in total. The number of hydrogen-bond acceptors (Lipinski definition) is 5. The number of aliphatic carboxylic acids is 1. The molecule has 1 aromatic carbocycles. The van der Waals surface area contributed by atoms with E-state index in [-0.39, 0.29) is 13.1 Å². The second kappa shape index (κ2) is 5.42. The van der Waals surface area contributed by atoms with Gasteiger partial charge in [-0.3, -0.25) is 10.1 Å². The molecular formula is C12H13N3O3. The van der Waals surface area contributed by atoms with Crippen molar-refractivity contribution in [1.29, 1.82) is 0 Å². The smallest absolute Gasteiger partial charge is 0.317 e. The molecule has 0 bridgehead atoms. The highest BCUT2D eigenvalue weighted by Gasteiger charge is 2.08. The summed E-state index contributed by atoms with van der Waals surface area (Å²) in [6, 6.07) is 7.72. The summed E-state index contributed by atoms with van der Waals surface area (Å²) in [5, 5.41) is 14.9. The van der Waals surface area contributed by atoms with Gasteiger partial charge in [0, 0.05) is 5.56 Å². The lowest BCUT2D eigenvalue weighted by atomic mass is 10.1. The minimum absolute atomic E-state index is 0.131. The van der Waals surface area contributed by atoms with E-state index in [2.05, 4.69) is 15.5 Å². The van der Waals surface area contributed by atoms with Crippen LogP contribution in [-0.2, 0) is 11.3 Å². The molecule has 0 unspecified atom stereocenters. The van der Waals surface area contributed by atoms with Crippen LogP contribution in [0.4, 0.5) is 0 Å². The Hall–Kier alpha value is -2.21. The molecule has 0 aliphatic heterocycles. The van der Waals surface area contributed by atoms with E-state index >= 15 is 0 Å². The molecule has 0 atom stereocenters. The van der Waals surface area contributed by atoms with Gasteiger partial charge in [0.25, 0.3) is 5.89 Å². The number of rotatable bonds is 5. The van der Waals surface area contributed by atoms with E-state index in [9.17, 15) is 4.79 Å². The molecule has 2 rings (SSSR count). The van der Waals surface area contributed by atoms with Gasteiger partial charge in [-0.1, -0.05) is 22.9 Å².